The van der Waals surface area contributed by atoms with Crippen LogP contribution in [-0.2, 0) is 11.2 Å². The van der Waals surface area contributed by atoms with Crippen molar-refractivity contribution in [2.24, 2.45) is 0 Å². The molecular formula is C14H20BrNO2. The Balaban J connectivity index is 2.23. The molecule has 1 aromatic rings. The van der Waals surface area contributed by atoms with Gasteiger partial charge in [-0.05, 0) is 30.5 Å². The number of hydrogen-bond donors (Lipinski definition) is 1. The second kappa shape index (κ2) is 9.11. The summed E-state index contributed by atoms with van der Waals surface area (Å²) in [5, 5.41) is 3.73. The number of nitrogens with one attached hydrogen (secondary N) is 1. The molecule has 0 heterocycles. The first-order chi connectivity index (χ1) is 8.77. The average molecular weight is 314 g/mol. The lowest BCUT2D eigenvalue weighted by Crippen LogP contribution is -2.25. The van der Waals surface area contributed by atoms with Crippen LogP contribution in [0.3, 0.4) is 0 Å². The Morgan fingerprint density at radius 3 is 2.61 bits per heavy atom. The number of halogens is 1. The van der Waals surface area contributed by atoms with Gasteiger partial charge in [0.15, 0.2) is 0 Å². The number of carbonyl (C=O) groups is 1. The van der Waals surface area contributed by atoms with Crippen LogP contribution >= 0.6 is 15.9 Å². The fourth-order valence-electron chi connectivity index (χ4n) is 1.53. The van der Waals surface area contributed by atoms with Crippen LogP contribution < -0.4 is 5.32 Å². The third-order valence-electron chi connectivity index (χ3n) is 2.60. The fourth-order valence-corrected chi connectivity index (χ4v) is 1.76. The summed E-state index contributed by atoms with van der Waals surface area (Å²) < 4.78 is 5.30. The number of amides is 1. The van der Waals surface area contributed by atoms with Gasteiger partial charge in [0.25, 0.3) is 5.91 Å². The fraction of sp³-hybridized carbons (Fsp3) is 0.500. The van der Waals surface area contributed by atoms with Crippen LogP contribution in [0.1, 0.15) is 29.3 Å². The summed E-state index contributed by atoms with van der Waals surface area (Å²) >= 11 is 3.29. The Bertz CT molecular complexity index is 351. The summed E-state index contributed by atoms with van der Waals surface area (Å²) in [7, 11) is 0. The zero-order valence-electron chi connectivity index (χ0n) is 10.7. The maximum atomic E-state index is 11.8. The SMILES string of the molecule is CCc1ccc(C(=O)NCCCOCCBr)cc1. The Labute approximate surface area is 117 Å². The van der Waals surface area contributed by atoms with Gasteiger partial charge >= 0.3 is 0 Å². The van der Waals surface area contributed by atoms with Crippen molar-refractivity contribution in [1.82, 2.24) is 5.32 Å². The van der Waals surface area contributed by atoms with E-state index in [2.05, 4.69) is 28.2 Å². The van der Waals surface area contributed by atoms with Crippen molar-refractivity contribution in [3.05, 3.63) is 35.4 Å². The van der Waals surface area contributed by atoms with E-state index in [1.165, 1.54) is 5.56 Å². The molecular weight excluding hydrogens is 294 g/mol. The predicted octanol–water partition coefficient (Wildman–Crippen LogP) is 2.78. The number of ether oxygens (including phenoxy) is 1. The van der Waals surface area contributed by atoms with Gasteiger partial charge < -0.3 is 10.1 Å². The molecule has 0 fully saturated rings. The van der Waals surface area contributed by atoms with Crippen molar-refractivity contribution in [3.8, 4) is 0 Å². The van der Waals surface area contributed by atoms with Gasteiger partial charge in [0.2, 0.25) is 0 Å². The van der Waals surface area contributed by atoms with Crippen molar-refractivity contribution in [3.63, 3.8) is 0 Å². The first-order valence-corrected chi connectivity index (χ1v) is 7.41. The Morgan fingerprint density at radius 1 is 1.28 bits per heavy atom. The minimum absolute atomic E-state index is 0.0156. The molecule has 18 heavy (non-hydrogen) atoms. The molecule has 0 aliphatic heterocycles. The molecule has 0 radical (unpaired) electrons. The lowest BCUT2D eigenvalue weighted by molar-refractivity contribution is 0.0944. The summed E-state index contributed by atoms with van der Waals surface area (Å²) in [4.78, 5) is 11.8. The Kier molecular flexibility index (Phi) is 7.69. The van der Waals surface area contributed by atoms with Gasteiger partial charge in [-0.15, -0.1) is 0 Å². The number of hydrogen-bond acceptors (Lipinski definition) is 2. The molecule has 1 rings (SSSR count). The lowest BCUT2D eigenvalue weighted by atomic mass is 10.1. The van der Waals surface area contributed by atoms with Gasteiger partial charge in [-0.1, -0.05) is 35.0 Å². The monoisotopic (exact) mass is 313 g/mol. The maximum absolute atomic E-state index is 11.8. The van der Waals surface area contributed by atoms with E-state index in [0.29, 0.717) is 25.3 Å². The smallest absolute Gasteiger partial charge is 0.251 e. The number of aryl methyl sites for hydroxylation is 1. The van der Waals surface area contributed by atoms with Crippen LogP contribution in [0.2, 0.25) is 0 Å². The van der Waals surface area contributed by atoms with Crippen LogP contribution in [0.5, 0.6) is 0 Å². The third-order valence-corrected chi connectivity index (χ3v) is 2.92. The van der Waals surface area contributed by atoms with Gasteiger partial charge in [0.05, 0.1) is 6.61 Å². The van der Waals surface area contributed by atoms with Gasteiger partial charge in [-0.3, -0.25) is 4.79 Å². The standard InChI is InChI=1S/C14H20BrNO2/c1-2-12-4-6-13(7-5-12)14(17)16-9-3-10-18-11-8-15/h4-7H,2-3,8-11H2,1H3,(H,16,17). The van der Waals surface area contributed by atoms with Gasteiger partial charge in [-0.25, -0.2) is 0 Å². The third kappa shape index (κ3) is 5.65. The van der Waals surface area contributed by atoms with Gasteiger partial charge in [0, 0.05) is 24.0 Å². The van der Waals surface area contributed by atoms with E-state index >= 15 is 0 Å². The van der Waals surface area contributed by atoms with E-state index in [1.807, 2.05) is 24.3 Å². The number of alkyl halides is 1. The maximum Gasteiger partial charge on any atom is 0.251 e. The molecule has 100 valence electrons. The van der Waals surface area contributed by atoms with Crippen LogP contribution in [-0.4, -0.2) is 31.0 Å². The number of rotatable bonds is 8. The molecule has 0 aliphatic carbocycles. The molecule has 0 bridgehead atoms. The van der Waals surface area contributed by atoms with Gasteiger partial charge in [0.1, 0.15) is 0 Å². The summed E-state index contributed by atoms with van der Waals surface area (Å²) in [6.07, 6.45) is 1.83. The summed E-state index contributed by atoms with van der Waals surface area (Å²) in [6, 6.07) is 7.73. The van der Waals surface area contributed by atoms with Crippen LogP contribution in [0, 0.1) is 0 Å². The van der Waals surface area contributed by atoms with Gasteiger partial charge in [-0.2, -0.15) is 0 Å². The molecule has 0 spiro atoms. The molecule has 1 amide bonds. The van der Waals surface area contributed by atoms with Crippen molar-refractivity contribution < 1.29 is 9.53 Å². The average Bonchev–Trinajstić information content (AvgIpc) is 2.42. The van der Waals surface area contributed by atoms with Crippen molar-refractivity contribution >= 4 is 21.8 Å². The molecule has 0 saturated carbocycles. The zero-order valence-corrected chi connectivity index (χ0v) is 12.3. The van der Waals surface area contributed by atoms with Crippen LogP contribution in [0.25, 0.3) is 0 Å². The van der Waals surface area contributed by atoms with Crippen molar-refractivity contribution in [1.29, 1.82) is 0 Å². The number of carbonyl (C=O) groups excluding carboxylic acids is 1. The topological polar surface area (TPSA) is 38.3 Å². The van der Waals surface area contributed by atoms with E-state index in [-0.39, 0.29) is 5.91 Å². The first kappa shape index (κ1) is 15.2. The lowest BCUT2D eigenvalue weighted by Gasteiger charge is -2.06. The highest BCUT2D eigenvalue weighted by atomic mass is 79.9. The van der Waals surface area contributed by atoms with E-state index in [0.717, 1.165) is 18.2 Å². The molecule has 0 aromatic heterocycles. The minimum atomic E-state index is -0.0156. The Hall–Kier alpha value is -0.870. The highest BCUT2D eigenvalue weighted by Gasteiger charge is 2.03. The van der Waals surface area contributed by atoms with Crippen molar-refractivity contribution in [2.45, 2.75) is 19.8 Å². The molecule has 3 nitrogen and oxygen atoms in total. The van der Waals surface area contributed by atoms with Crippen molar-refractivity contribution in [2.75, 3.05) is 25.1 Å². The van der Waals surface area contributed by atoms with E-state index in [9.17, 15) is 4.79 Å². The predicted molar refractivity (Wildman–Crippen MR) is 77.4 cm³/mol. The minimum Gasteiger partial charge on any atom is -0.381 e. The summed E-state index contributed by atoms with van der Waals surface area (Å²) in [5.41, 5.74) is 1.96. The van der Waals surface area contributed by atoms with E-state index in [1.54, 1.807) is 0 Å². The molecule has 0 aliphatic rings. The molecule has 1 aromatic carbocycles. The summed E-state index contributed by atoms with van der Waals surface area (Å²) in [5.74, 6) is -0.0156. The molecule has 0 saturated heterocycles. The van der Waals surface area contributed by atoms with Crippen LogP contribution in [0.15, 0.2) is 24.3 Å². The molecule has 0 atom stereocenters. The molecule has 1 N–H and O–H groups in total. The normalized spacial score (nSPS) is 10.3. The van der Waals surface area contributed by atoms with Crippen LogP contribution in [0.4, 0.5) is 0 Å². The number of benzene rings is 1. The molecule has 4 heteroatoms. The van der Waals surface area contributed by atoms with E-state index < -0.39 is 0 Å². The summed E-state index contributed by atoms with van der Waals surface area (Å²) in [6.45, 7) is 4.14. The highest BCUT2D eigenvalue weighted by molar-refractivity contribution is 9.09. The zero-order chi connectivity index (χ0) is 13.2. The second-order valence-corrected chi connectivity index (χ2v) is 4.75. The highest BCUT2D eigenvalue weighted by Crippen LogP contribution is 2.04. The largest absolute Gasteiger partial charge is 0.381 e. The van der Waals surface area contributed by atoms with E-state index in [4.69, 9.17) is 4.74 Å². The Morgan fingerprint density at radius 2 is 2.00 bits per heavy atom. The molecule has 0 unspecified atom stereocenters. The second-order valence-electron chi connectivity index (χ2n) is 3.96. The first-order valence-electron chi connectivity index (χ1n) is 6.28. The quantitative estimate of drug-likeness (QED) is 0.592.